The minimum Gasteiger partial charge on any atom is -0.331 e. The monoisotopic (exact) mass is 684 g/mol. The van der Waals surface area contributed by atoms with Crippen molar-refractivity contribution in [3.05, 3.63) is 0 Å². The summed E-state index contributed by atoms with van der Waals surface area (Å²) in [5.74, 6) is -34.0. The molecule has 248 valence electrons. The second-order valence-corrected chi connectivity index (χ2v) is 6.75. The summed E-state index contributed by atoms with van der Waals surface area (Å²) in [7, 11) is 0. The zero-order chi connectivity index (χ0) is 34.1. The number of hydrogen-bond acceptors (Lipinski definition) is 4. The lowest BCUT2D eigenvalue weighted by Crippen LogP contribution is -2.71. The third kappa shape index (κ3) is 6.39. The van der Waals surface area contributed by atoms with Crippen LogP contribution >= 0.6 is 0 Å². The van der Waals surface area contributed by atoms with Gasteiger partial charge in [-0.2, -0.15) is 110 Å². The molecule has 0 aliphatic carbocycles. The number of hydrogen-bond donors (Lipinski definition) is 1. The molecule has 0 saturated heterocycles. The molecule has 3 atom stereocenters. The van der Waals surface area contributed by atoms with Gasteiger partial charge in [-0.15, -0.1) is 0 Å². The van der Waals surface area contributed by atoms with Crippen LogP contribution in [0.15, 0.2) is 0 Å². The van der Waals surface area contributed by atoms with Crippen LogP contribution in [0.5, 0.6) is 0 Å². The molecule has 0 aliphatic rings. The average Bonchev–Trinajstić information content (AvgIpc) is 2.61. The molecule has 0 radical (unpaired) electrons. The van der Waals surface area contributed by atoms with Gasteiger partial charge in [0.1, 0.15) is 0 Å². The molecule has 0 rings (SSSR count). The van der Waals surface area contributed by atoms with Gasteiger partial charge in [-0.05, 0) is 0 Å². The predicted molar refractivity (Wildman–Crippen MR) is 65.9 cm³/mol. The van der Waals surface area contributed by atoms with Gasteiger partial charge in [-0.25, -0.2) is 0 Å². The van der Waals surface area contributed by atoms with Crippen LogP contribution in [-0.4, -0.2) is 77.7 Å². The molecule has 0 fully saturated rings. The largest absolute Gasteiger partial charge is 0.462 e. The Morgan fingerprint density at radius 3 is 0.707 bits per heavy atom. The van der Waals surface area contributed by atoms with E-state index in [1.807, 2.05) is 0 Å². The minimum absolute atomic E-state index is 0.922. The Hall–Kier alpha value is -1.91. The number of halogens is 25. The van der Waals surface area contributed by atoms with E-state index in [-0.39, 0.29) is 0 Å². The molecule has 0 spiro atoms. The van der Waals surface area contributed by atoms with Crippen LogP contribution in [-0.2, 0) is 14.2 Å². The van der Waals surface area contributed by atoms with E-state index >= 15 is 0 Å². The maximum atomic E-state index is 14.0. The molecule has 0 aromatic rings. The Morgan fingerprint density at radius 2 is 0.512 bits per heavy atom. The summed E-state index contributed by atoms with van der Waals surface area (Å²) >= 11 is 0. The summed E-state index contributed by atoms with van der Waals surface area (Å²) in [6.45, 7) is 0. The first-order valence-corrected chi connectivity index (χ1v) is 8.17. The van der Waals surface area contributed by atoms with E-state index in [1.54, 1.807) is 0 Å². The molecule has 1 N–H and O–H groups in total. The van der Waals surface area contributed by atoms with Crippen molar-refractivity contribution in [2.24, 2.45) is 0 Å². The van der Waals surface area contributed by atoms with Gasteiger partial charge in [-0.3, -0.25) is 14.2 Å². The van der Waals surface area contributed by atoms with Crippen molar-refractivity contribution >= 4 is 0 Å². The van der Waals surface area contributed by atoms with Crippen molar-refractivity contribution in [3.8, 4) is 0 Å². The molecule has 0 aliphatic heterocycles. The molecule has 0 heterocycles. The zero-order valence-electron chi connectivity index (χ0n) is 17.1. The van der Waals surface area contributed by atoms with Gasteiger partial charge in [0.25, 0.3) is 0 Å². The molecule has 0 amide bonds. The van der Waals surface area contributed by atoms with E-state index in [9.17, 15) is 110 Å². The first-order chi connectivity index (χ1) is 17.1. The van der Waals surface area contributed by atoms with Gasteiger partial charge in [-0.1, -0.05) is 0 Å². The zero-order valence-corrected chi connectivity index (χ0v) is 17.1. The van der Waals surface area contributed by atoms with Crippen molar-refractivity contribution < 1.29 is 129 Å². The molecule has 3 unspecified atom stereocenters. The van der Waals surface area contributed by atoms with E-state index in [2.05, 4.69) is 0 Å². The Morgan fingerprint density at radius 1 is 0.293 bits per heavy atom. The Kier molecular flexibility index (Phi) is 9.35. The Labute approximate surface area is 203 Å². The highest BCUT2D eigenvalue weighted by Gasteiger charge is 2.89. The summed E-state index contributed by atoms with van der Waals surface area (Å²) in [6.07, 6.45) is -66.6. The molecular formula is C12HF25O4. The van der Waals surface area contributed by atoms with Crippen LogP contribution in [0.25, 0.3) is 0 Å². The van der Waals surface area contributed by atoms with Crippen molar-refractivity contribution in [3.63, 3.8) is 0 Å². The molecule has 0 saturated carbocycles. The van der Waals surface area contributed by atoms with E-state index in [0.29, 0.717) is 0 Å². The smallest absolute Gasteiger partial charge is 0.331 e. The van der Waals surface area contributed by atoms with E-state index in [0.717, 1.165) is 14.2 Å². The molecule has 0 aromatic heterocycles. The van der Waals surface area contributed by atoms with Gasteiger partial charge < -0.3 is 5.11 Å². The van der Waals surface area contributed by atoms with E-state index in [1.165, 1.54) is 0 Å². The fourth-order valence-corrected chi connectivity index (χ4v) is 1.74. The van der Waals surface area contributed by atoms with Crippen LogP contribution in [0, 0.1) is 0 Å². The molecule has 0 aromatic carbocycles. The van der Waals surface area contributed by atoms with Gasteiger partial charge in [0.2, 0.25) is 0 Å². The third-order valence-corrected chi connectivity index (χ3v) is 3.76. The first kappa shape index (κ1) is 39.1. The Bertz CT molecular complexity index is 907. The lowest BCUT2D eigenvalue weighted by atomic mass is 10.2. The molecule has 29 heteroatoms. The van der Waals surface area contributed by atoms with Gasteiger partial charge in [0.15, 0.2) is 0 Å². The number of ether oxygens (including phenoxy) is 3. The summed E-state index contributed by atoms with van der Waals surface area (Å²) in [4.78, 5) is 0. The molecule has 4 nitrogen and oxygen atoms in total. The normalized spacial score (nSPS) is 20.3. The maximum Gasteiger partial charge on any atom is 0.462 e. The van der Waals surface area contributed by atoms with Gasteiger partial charge >= 0.3 is 72.6 Å². The summed E-state index contributed by atoms with van der Waals surface area (Å²) < 4.78 is 324. The molecular weight excluding hydrogens is 683 g/mol. The lowest BCUT2D eigenvalue weighted by molar-refractivity contribution is -0.588. The highest BCUT2D eigenvalue weighted by molar-refractivity contribution is 4.98. The van der Waals surface area contributed by atoms with E-state index < -0.39 is 72.6 Å². The molecule has 41 heavy (non-hydrogen) atoms. The van der Waals surface area contributed by atoms with Crippen molar-refractivity contribution in [2.45, 2.75) is 72.6 Å². The standard InChI is InChI=1S/C12HF25O4/c13-1(14,5(18,19)20)10(32,33)40-3(16,7(24,25)26)12(36,37)41-4(17,8(27,28)29)11(34,35)39-2(15,6(21,22)23)9(30,31)38/h38H. The topological polar surface area (TPSA) is 47.9 Å². The summed E-state index contributed by atoms with van der Waals surface area (Å²) in [6, 6.07) is 0. The van der Waals surface area contributed by atoms with Crippen molar-refractivity contribution in [2.75, 3.05) is 0 Å². The second-order valence-electron chi connectivity index (χ2n) is 6.75. The third-order valence-electron chi connectivity index (χ3n) is 3.76. The van der Waals surface area contributed by atoms with Crippen LogP contribution in [0.1, 0.15) is 0 Å². The van der Waals surface area contributed by atoms with Crippen LogP contribution in [0.2, 0.25) is 0 Å². The van der Waals surface area contributed by atoms with E-state index in [4.69, 9.17) is 5.11 Å². The minimum atomic E-state index is -8.88. The van der Waals surface area contributed by atoms with Gasteiger partial charge in [0.05, 0.1) is 0 Å². The fraction of sp³-hybridized carbons (Fsp3) is 1.00. The van der Waals surface area contributed by atoms with Crippen molar-refractivity contribution in [1.82, 2.24) is 0 Å². The first-order valence-electron chi connectivity index (χ1n) is 8.17. The maximum absolute atomic E-state index is 14.0. The highest BCUT2D eigenvalue weighted by atomic mass is 19.4. The van der Waals surface area contributed by atoms with Crippen LogP contribution in [0.3, 0.4) is 0 Å². The molecule has 0 bridgehead atoms. The average molecular weight is 684 g/mol. The van der Waals surface area contributed by atoms with Crippen LogP contribution in [0.4, 0.5) is 110 Å². The quantitative estimate of drug-likeness (QED) is 0.246. The van der Waals surface area contributed by atoms with Crippen molar-refractivity contribution in [1.29, 1.82) is 0 Å². The fourth-order valence-electron chi connectivity index (χ4n) is 1.74. The predicted octanol–water partition coefficient (Wildman–Crippen LogP) is 7.28. The van der Waals surface area contributed by atoms with Gasteiger partial charge in [0, 0.05) is 0 Å². The number of rotatable bonds is 10. The summed E-state index contributed by atoms with van der Waals surface area (Å²) in [5, 5.41) is 7.69. The van der Waals surface area contributed by atoms with Crippen LogP contribution < -0.4 is 0 Å². The SMILES string of the molecule is OC(F)(F)C(F)(OC(F)(F)C(F)(OC(F)(F)C(F)(OC(F)(F)C(F)(F)C(F)(F)F)C(F)(F)F)C(F)(F)F)C(F)(F)F. The summed E-state index contributed by atoms with van der Waals surface area (Å²) in [5.41, 5.74) is 0. The number of aliphatic hydroxyl groups is 1. The lowest BCUT2D eigenvalue weighted by Gasteiger charge is -2.43. The number of alkyl halides is 25. The second kappa shape index (κ2) is 9.81. The highest BCUT2D eigenvalue weighted by Crippen LogP contribution is 2.60. The Balaban J connectivity index is 7.31.